The predicted octanol–water partition coefficient (Wildman–Crippen LogP) is 4.01. The number of alkyl halides is 3. The summed E-state index contributed by atoms with van der Waals surface area (Å²) in [6, 6.07) is 12.1. The van der Waals surface area contributed by atoms with E-state index in [-0.39, 0.29) is 30.7 Å². The van der Waals surface area contributed by atoms with Gasteiger partial charge in [0.15, 0.2) is 0 Å². The van der Waals surface area contributed by atoms with Crippen LogP contribution in [0.3, 0.4) is 0 Å². The number of aliphatic hydroxyl groups excluding tert-OH is 1. The van der Waals surface area contributed by atoms with Gasteiger partial charge in [-0.1, -0.05) is 6.07 Å². The van der Waals surface area contributed by atoms with Crippen LogP contribution in [0.5, 0.6) is 5.88 Å². The standard InChI is InChI=1S/C31H35F3N6O3/c1-4-43-28-25(6-5-13-36-28)26-9-7-23(18-37-26)30(29(42)38-19-24(20-41)39(2)3)11-14-40(15-12-30)27-10-8-22(31(32,33)34)16-21(27)17-35/h5-10,13,16,18,24,41H,4,11-12,14-15,19-20H2,1-3H3,(H,38,42)/t24-/m0/s1. The average Bonchev–Trinajstić information content (AvgIpc) is 3.01. The minimum absolute atomic E-state index is 0.0730. The van der Waals surface area contributed by atoms with Gasteiger partial charge in [0.2, 0.25) is 11.8 Å². The third-order valence-electron chi connectivity index (χ3n) is 7.92. The minimum atomic E-state index is -4.56. The fraction of sp³-hybridized carbons (Fsp3) is 0.419. The molecule has 3 aromatic rings. The van der Waals surface area contributed by atoms with Crippen molar-refractivity contribution in [1.82, 2.24) is 20.2 Å². The van der Waals surface area contributed by atoms with Gasteiger partial charge in [0.05, 0.1) is 46.7 Å². The molecular weight excluding hydrogens is 561 g/mol. The molecule has 0 spiro atoms. The van der Waals surface area contributed by atoms with Gasteiger partial charge in [-0.2, -0.15) is 18.4 Å². The fourth-order valence-electron chi connectivity index (χ4n) is 5.32. The molecule has 1 saturated heterocycles. The maximum absolute atomic E-state index is 13.9. The number of nitrogens with zero attached hydrogens (tertiary/aromatic N) is 5. The first-order valence-electron chi connectivity index (χ1n) is 14.0. The van der Waals surface area contributed by atoms with Crippen molar-refractivity contribution in [3.8, 4) is 23.2 Å². The highest BCUT2D eigenvalue weighted by Gasteiger charge is 2.44. The molecule has 12 heteroatoms. The lowest BCUT2D eigenvalue weighted by atomic mass is 9.72. The lowest BCUT2D eigenvalue weighted by molar-refractivity contribution is -0.137. The maximum Gasteiger partial charge on any atom is 0.416 e. The number of aliphatic hydroxyl groups is 1. The van der Waals surface area contributed by atoms with Crippen LogP contribution in [0.1, 0.15) is 36.5 Å². The van der Waals surface area contributed by atoms with Crippen LogP contribution in [0.15, 0.2) is 54.9 Å². The Morgan fingerprint density at radius 3 is 2.53 bits per heavy atom. The highest BCUT2D eigenvalue weighted by atomic mass is 19.4. The van der Waals surface area contributed by atoms with Crippen LogP contribution in [-0.2, 0) is 16.4 Å². The van der Waals surface area contributed by atoms with Crippen LogP contribution in [0, 0.1) is 11.3 Å². The van der Waals surface area contributed by atoms with E-state index in [9.17, 15) is 28.3 Å². The number of hydrogen-bond acceptors (Lipinski definition) is 8. The first-order chi connectivity index (χ1) is 20.5. The van der Waals surface area contributed by atoms with Gasteiger partial charge in [0.1, 0.15) is 6.07 Å². The van der Waals surface area contributed by atoms with Crippen molar-refractivity contribution in [2.24, 2.45) is 0 Å². The second-order valence-corrected chi connectivity index (χ2v) is 10.6. The second-order valence-electron chi connectivity index (χ2n) is 10.6. The smallest absolute Gasteiger partial charge is 0.416 e. The van der Waals surface area contributed by atoms with Gasteiger partial charge in [0.25, 0.3) is 0 Å². The van der Waals surface area contributed by atoms with Crippen LogP contribution in [0.25, 0.3) is 11.3 Å². The first-order valence-corrected chi connectivity index (χ1v) is 14.0. The van der Waals surface area contributed by atoms with Crippen molar-refractivity contribution in [1.29, 1.82) is 5.26 Å². The van der Waals surface area contributed by atoms with Crippen molar-refractivity contribution in [3.63, 3.8) is 0 Å². The summed E-state index contributed by atoms with van der Waals surface area (Å²) in [7, 11) is 3.63. The lowest BCUT2D eigenvalue weighted by Gasteiger charge is -2.42. The molecule has 1 fully saturated rings. The Morgan fingerprint density at radius 1 is 1.21 bits per heavy atom. The van der Waals surface area contributed by atoms with Crippen LogP contribution in [0.2, 0.25) is 0 Å². The Hall–Kier alpha value is -4.21. The summed E-state index contributed by atoms with van der Waals surface area (Å²) >= 11 is 0. The van der Waals surface area contributed by atoms with E-state index < -0.39 is 17.2 Å². The highest BCUT2D eigenvalue weighted by molar-refractivity contribution is 5.89. The first kappa shape index (κ1) is 31.7. The Kier molecular flexibility index (Phi) is 9.88. The zero-order valence-corrected chi connectivity index (χ0v) is 24.4. The van der Waals surface area contributed by atoms with E-state index >= 15 is 0 Å². The molecule has 2 N–H and O–H groups in total. The van der Waals surface area contributed by atoms with Crippen LogP contribution in [-0.4, -0.2) is 78.9 Å². The number of benzene rings is 1. The van der Waals surface area contributed by atoms with Crippen molar-refractivity contribution in [3.05, 3.63) is 71.5 Å². The summed E-state index contributed by atoms with van der Waals surface area (Å²) < 4.78 is 45.4. The lowest BCUT2D eigenvalue weighted by Crippen LogP contribution is -2.54. The van der Waals surface area contributed by atoms with Crippen molar-refractivity contribution in [2.75, 3.05) is 51.8 Å². The number of aromatic nitrogens is 2. The molecule has 0 bridgehead atoms. The summed E-state index contributed by atoms with van der Waals surface area (Å²) in [5, 5.41) is 22.4. The molecule has 1 aromatic carbocycles. The summed E-state index contributed by atoms with van der Waals surface area (Å²) in [4.78, 5) is 26.5. The number of rotatable bonds is 10. The van der Waals surface area contributed by atoms with Crippen molar-refractivity contribution < 1.29 is 27.8 Å². The fourth-order valence-corrected chi connectivity index (χ4v) is 5.32. The molecule has 2 aromatic heterocycles. The summed E-state index contributed by atoms with van der Waals surface area (Å²) in [5.74, 6) is 0.223. The van der Waals surface area contributed by atoms with E-state index in [2.05, 4.69) is 15.3 Å². The zero-order chi connectivity index (χ0) is 31.2. The second kappa shape index (κ2) is 13.4. The van der Waals surface area contributed by atoms with Gasteiger partial charge in [-0.25, -0.2) is 4.98 Å². The molecule has 1 aliphatic heterocycles. The van der Waals surface area contributed by atoms with Gasteiger partial charge in [-0.15, -0.1) is 0 Å². The predicted molar refractivity (Wildman–Crippen MR) is 155 cm³/mol. The Labute approximate surface area is 248 Å². The number of halogens is 3. The molecule has 1 amide bonds. The number of anilines is 1. The molecule has 0 unspecified atom stereocenters. The van der Waals surface area contributed by atoms with E-state index in [1.165, 1.54) is 6.07 Å². The molecule has 4 rings (SSSR count). The van der Waals surface area contributed by atoms with E-state index in [1.807, 2.05) is 55.1 Å². The molecule has 0 saturated carbocycles. The molecule has 9 nitrogen and oxygen atoms in total. The minimum Gasteiger partial charge on any atom is -0.477 e. The number of likely N-dealkylation sites (N-methyl/N-ethyl adjacent to an activating group) is 1. The van der Waals surface area contributed by atoms with Crippen LogP contribution in [0.4, 0.5) is 18.9 Å². The highest BCUT2D eigenvalue weighted by Crippen LogP contribution is 2.40. The van der Waals surface area contributed by atoms with Crippen molar-refractivity contribution in [2.45, 2.75) is 37.4 Å². The topological polar surface area (TPSA) is 115 Å². The molecule has 1 aliphatic rings. The monoisotopic (exact) mass is 596 g/mol. The number of amides is 1. The zero-order valence-electron chi connectivity index (χ0n) is 24.4. The van der Waals surface area contributed by atoms with Gasteiger partial charge < -0.3 is 25.0 Å². The van der Waals surface area contributed by atoms with Gasteiger partial charge >= 0.3 is 6.18 Å². The van der Waals surface area contributed by atoms with Crippen LogP contribution >= 0.6 is 0 Å². The SMILES string of the molecule is CCOc1ncccc1-c1ccc(C2(C(=O)NC[C@@H](CO)N(C)C)CCN(c3ccc(C(F)(F)F)cc3C#N)CC2)cn1. The van der Waals surface area contributed by atoms with Crippen molar-refractivity contribution >= 4 is 11.6 Å². The number of piperidine rings is 1. The number of ether oxygens (including phenoxy) is 1. The molecule has 1 atom stereocenters. The van der Waals surface area contributed by atoms with E-state index in [4.69, 9.17) is 4.74 Å². The number of carbonyl (C=O) groups excluding carboxylic acids is 1. The van der Waals surface area contributed by atoms with Gasteiger partial charge in [-0.05, 0) is 75.8 Å². The number of hydrogen-bond donors (Lipinski definition) is 2. The maximum atomic E-state index is 13.9. The van der Waals surface area contributed by atoms with Crippen LogP contribution < -0.4 is 15.0 Å². The molecule has 0 radical (unpaired) electrons. The molecule has 43 heavy (non-hydrogen) atoms. The normalized spacial score (nSPS) is 15.6. The molecular formula is C31H35F3N6O3. The Morgan fingerprint density at radius 2 is 1.95 bits per heavy atom. The third-order valence-corrected chi connectivity index (χ3v) is 7.92. The quantitative estimate of drug-likeness (QED) is 0.361. The number of nitrogens with one attached hydrogen (secondary N) is 1. The van der Waals surface area contributed by atoms with Gasteiger partial charge in [-0.3, -0.25) is 9.78 Å². The van der Waals surface area contributed by atoms with E-state index in [1.54, 1.807) is 18.5 Å². The Bertz CT molecular complexity index is 1450. The number of pyridine rings is 2. The largest absolute Gasteiger partial charge is 0.477 e. The average molecular weight is 597 g/mol. The summed E-state index contributed by atoms with van der Waals surface area (Å²) in [6.45, 7) is 3.04. The number of carbonyl (C=O) groups is 1. The molecule has 3 heterocycles. The Balaban J connectivity index is 1.65. The molecule has 0 aliphatic carbocycles. The summed E-state index contributed by atoms with van der Waals surface area (Å²) in [5.41, 5.74) is 0.475. The number of nitriles is 1. The molecule has 228 valence electrons. The van der Waals surface area contributed by atoms with Gasteiger partial charge in [0, 0.05) is 38.1 Å². The van der Waals surface area contributed by atoms with E-state index in [0.717, 1.165) is 12.1 Å². The third kappa shape index (κ3) is 6.89. The van der Waals surface area contributed by atoms with E-state index in [0.29, 0.717) is 60.9 Å². The summed E-state index contributed by atoms with van der Waals surface area (Å²) in [6.07, 6.45) is -0.598.